The lowest BCUT2D eigenvalue weighted by Crippen LogP contribution is -2.55. The lowest BCUT2D eigenvalue weighted by molar-refractivity contribution is -0.141. The van der Waals surface area contributed by atoms with Crippen LogP contribution in [0, 0.1) is 40.4 Å². The van der Waals surface area contributed by atoms with Crippen LogP contribution >= 0.6 is 0 Å². The Kier molecular flexibility index (Phi) is 7.11. The first-order valence-corrected chi connectivity index (χ1v) is 15.0. The molecule has 0 aromatic heterocycles. The molecule has 2 amide bonds. The first-order chi connectivity index (χ1) is 17.0. The number of nitrogens with zero attached hydrogens (tertiary/aromatic N) is 2. The van der Waals surface area contributed by atoms with Crippen LogP contribution in [-0.2, 0) is 9.59 Å². The van der Waals surface area contributed by atoms with E-state index < -0.39 is 0 Å². The summed E-state index contributed by atoms with van der Waals surface area (Å²) in [5, 5.41) is 10.3. The highest BCUT2D eigenvalue weighted by atomic mass is 16.3. The Morgan fingerprint density at radius 2 is 1.89 bits per heavy atom. The molecule has 202 valence electrons. The summed E-state index contributed by atoms with van der Waals surface area (Å²) >= 11 is 0. The number of hydrogen-bond donors (Lipinski definition) is 1. The second-order valence-corrected chi connectivity index (χ2v) is 13.8. The number of piperazine rings is 1. The van der Waals surface area contributed by atoms with Crippen molar-refractivity contribution in [2.45, 2.75) is 111 Å². The van der Waals surface area contributed by atoms with E-state index in [0.29, 0.717) is 42.8 Å². The van der Waals surface area contributed by atoms with Crippen molar-refractivity contribution in [3.05, 3.63) is 11.6 Å². The predicted octanol–water partition coefficient (Wildman–Crippen LogP) is 5.42. The lowest BCUT2D eigenvalue weighted by Gasteiger charge is -2.58. The summed E-state index contributed by atoms with van der Waals surface area (Å²) in [6, 6.07) is 0.112. The summed E-state index contributed by atoms with van der Waals surface area (Å²) in [4.78, 5) is 28.8. The molecular weight excluding hydrogens is 448 g/mol. The number of fused-ring (bicyclic) bond motifs is 5. The summed E-state index contributed by atoms with van der Waals surface area (Å²) in [7, 11) is 0. The Morgan fingerprint density at radius 1 is 1.11 bits per heavy atom. The number of amides is 2. The molecule has 0 aromatic rings. The van der Waals surface area contributed by atoms with E-state index in [4.69, 9.17) is 0 Å². The fourth-order valence-corrected chi connectivity index (χ4v) is 9.93. The minimum atomic E-state index is -0.129. The third kappa shape index (κ3) is 4.35. The Hall–Kier alpha value is -1.36. The molecule has 5 aliphatic rings. The van der Waals surface area contributed by atoms with Gasteiger partial charge in [0.2, 0.25) is 11.8 Å². The molecule has 0 aromatic carbocycles. The number of rotatable bonds is 4. The summed E-state index contributed by atoms with van der Waals surface area (Å²) in [6.07, 6.45) is 13.6. The van der Waals surface area contributed by atoms with Gasteiger partial charge in [-0.05, 0) is 105 Å². The molecule has 1 aliphatic heterocycles. The zero-order chi connectivity index (χ0) is 25.8. The van der Waals surface area contributed by atoms with Gasteiger partial charge in [-0.1, -0.05) is 32.4 Å². The largest absolute Gasteiger partial charge is 0.393 e. The van der Waals surface area contributed by atoms with Gasteiger partial charge in [0.25, 0.3) is 0 Å². The summed E-state index contributed by atoms with van der Waals surface area (Å²) < 4.78 is 0. The van der Waals surface area contributed by atoms with E-state index in [1.165, 1.54) is 32.1 Å². The van der Waals surface area contributed by atoms with Gasteiger partial charge in [-0.25, -0.2) is 0 Å². The number of aliphatic hydroxyl groups excluding tert-OH is 1. The molecule has 0 spiro atoms. The molecule has 3 saturated carbocycles. The van der Waals surface area contributed by atoms with Gasteiger partial charge in [0, 0.05) is 39.0 Å². The molecule has 0 radical (unpaired) electrons. The van der Waals surface area contributed by atoms with Crippen LogP contribution in [0.2, 0.25) is 0 Å². The zero-order valence-electron chi connectivity index (χ0n) is 23.5. The van der Waals surface area contributed by atoms with Crippen molar-refractivity contribution in [2.24, 2.45) is 40.4 Å². The van der Waals surface area contributed by atoms with Gasteiger partial charge in [-0.15, -0.1) is 0 Å². The maximum Gasteiger partial charge on any atom is 0.222 e. The zero-order valence-corrected chi connectivity index (χ0v) is 23.5. The molecule has 1 N–H and O–H groups in total. The van der Waals surface area contributed by atoms with E-state index in [1.807, 2.05) is 9.80 Å². The highest BCUT2D eigenvalue weighted by molar-refractivity contribution is 5.77. The second kappa shape index (κ2) is 9.75. The third-order valence-corrected chi connectivity index (χ3v) is 12.0. The van der Waals surface area contributed by atoms with Crippen LogP contribution in [0.15, 0.2) is 11.6 Å². The number of aliphatic hydroxyl groups is 1. The average Bonchev–Trinajstić information content (AvgIpc) is 3.20. The van der Waals surface area contributed by atoms with Crippen LogP contribution in [0.3, 0.4) is 0 Å². The van der Waals surface area contributed by atoms with Crippen molar-refractivity contribution in [1.29, 1.82) is 0 Å². The Bertz CT molecular complexity index is 900. The lowest BCUT2D eigenvalue weighted by atomic mass is 9.47. The number of carbonyl (C=O) groups excluding carboxylic acids is 2. The van der Waals surface area contributed by atoms with E-state index in [-0.39, 0.29) is 24.0 Å². The fourth-order valence-electron chi connectivity index (χ4n) is 9.93. The van der Waals surface area contributed by atoms with Crippen molar-refractivity contribution >= 4 is 11.8 Å². The monoisotopic (exact) mass is 498 g/mol. The van der Waals surface area contributed by atoms with Crippen LogP contribution in [0.1, 0.15) is 98.8 Å². The molecular formula is C31H50N2O3. The molecule has 5 heteroatoms. The van der Waals surface area contributed by atoms with Gasteiger partial charge in [-0.2, -0.15) is 0 Å². The van der Waals surface area contributed by atoms with Crippen molar-refractivity contribution in [3.63, 3.8) is 0 Å². The van der Waals surface area contributed by atoms with E-state index >= 15 is 0 Å². The first-order valence-electron chi connectivity index (χ1n) is 15.0. The Morgan fingerprint density at radius 3 is 2.61 bits per heavy atom. The smallest absolute Gasteiger partial charge is 0.222 e. The summed E-state index contributed by atoms with van der Waals surface area (Å²) in [5.74, 6) is 4.07. The molecule has 5 nitrogen and oxygen atoms in total. The maximum atomic E-state index is 13.1. The quantitative estimate of drug-likeness (QED) is 0.527. The van der Waals surface area contributed by atoms with Crippen molar-refractivity contribution < 1.29 is 14.7 Å². The van der Waals surface area contributed by atoms with E-state index in [1.54, 1.807) is 12.5 Å². The van der Waals surface area contributed by atoms with E-state index in [9.17, 15) is 14.7 Å². The molecule has 36 heavy (non-hydrogen) atoms. The fraction of sp³-hybridized carbons (Fsp3) is 0.871. The van der Waals surface area contributed by atoms with Gasteiger partial charge in [-0.3, -0.25) is 9.59 Å². The molecule has 5 rings (SSSR count). The van der Waals surface area contributed by atoms with Gasteiger partial charge in [0.15, 0.2) is 0 Å². The summed E-state index contributed by atoms with van der Waals surface area (Å²) in [6.45, 7) is 13.2. The van der Waals surface area contributed by atoms with E-state index in [0.717, 1.165) is 49.4 Å². The van der Waals surface area contributed by atoms with Crippen LogP contribution < -0.4 is 0 Å². The molecule has 9 atom stereocenters. The minimum Gasteiger partial charge on any atom is -0.393 e. The highest BCUT2D eigenvalue weighted by Gasteiger charge is 2.59. The molecule has 1 heterocycles. The molecule has 0 bridgehead atoms. The van der Waals surface area contributed by atoms with Crippen molar-refractivity contribution in [2.75, 3.05) is 19.6 Å². The Balaban J connectivity index is 1.21. The SMILES string of the molecule is CC(=O)N1CCN(C(=O)CC[C@@H](C)[C@H]2CC[C@H]3[C@@H]4CC=C5C[C@@H](O)CC[C@]5(C)[C@H]4CC[C@]23C)[C@@H](C)C1. The maximum absolute atomic E-state index is 13.1. The van der Waals surface area contributed by atoms with Crippen LogP contribution in [0.25, 0.3) is 0 Å². The number of carbonyl (C=O) groups is 2. The molecule has 4 fully saturated rings. The van der Waals surface area contributed by atoms with Gasteiger partial charge < -0.3 is 14.9 Å². The minimum absolute atomic E-state index is 0.112. The van der Waals surface area contributed by atoms with Crippen LogP contribution in [0.5, 0.6) is 0 Å². The normalized spacial score (nSPS) is 43.2. The second-order valence-electron chi connectivity index (χ2n) is 13.8. The molecule has 0 unspecified atom stereocenters. The standard InChI is InChI=1S/C31H50N2O3/c1-20(6-11-29(36)33-17-16-32(22(3)34)19-21(33)2)26-9-10-27-25-8-7-23-18-24(35)12-14-30(23,4)28(25)13-15-31(26,27)5/h7,20-21,24-28,35H,6,8-19H2,1-5H3/t20-,21+,24+,25+,26-,27+,28+,30+,31-/m1/s1. The van der Waals surface area contributed by atoms with E-state index in [2.05, 4.69) is 33.8 Å². The van der Waals surface area contributed by atoms with Crippen molar-refractivity contribution in [3.8, 4) is 0 Å². The molecule has 4 aliphatic carbocycles. The average molecular weight is 499 g/mol. The Labute approximate surface area is 219 Å². The predicted molar refractivity (Wildman–Crippen MR) is 143 cm³/mol. The third-order valence-electron chi connectivity index (χ3n) is 12.0. The van der Waals surface area contributed by atoms with Crippen molar-refractivity contribution in [1.82, 2.24) is 9.80 Å². The highest BCUT2D eigenvalue weighted by Crippen LogP contribution is 2.67. The first kappa shape index (κ1) is 26.3. The summed E-state index contributed by atoms with van der Waals surface area (Å²) in [5.41, 5.74) is 2.27. The van der Waals surface area contributed by atoms with Gasteiger partial charge >= 0.3 is 0 Å². The van der Waals surface area contributed by atoms with Gasteiger partial charge in [0.05, 0.1) is 6.10 Å². The topological polar surface area (TPSA) is 60.9 Å². The number of hydrogen-bond acceptors (Lipinski definition) is 3. The van der Waals surface area contributed by atoms with Gasteiger partial charge in [0.1, 0.15) is 0 Å². The molecule has 1 saturated heterocycles. The van der Waals surface area contributed by atoms with Crippen LogP contribution in [-0.4, -0.2) is 58.5 Å². The van der Waals surface area contributed by atoms with Crippen LogP contribution in [0.4, 0.5) is 0 Å². The number of allylic oxidation sites excluding steroid dienone is 1.